The van der Waals surface area contributed by atoms with Gasteiger partial charge in [-0.25, -0.2) is 9.07 Å². The van der Waals surface area contributed by atoms with Crippen molar-refractivity contribution in [3.8, 4) is 0 Å². The number of halogens is 1. The predicted molar refractivity (Wildman–Crippen MR) is 131 cm³/mol. The SMILES string of the molecule is Cc1ccc(S(=O)(=O)/N=c2\o[n-][n+](C)c2CN2C(=S)N(C)C(=O)C2CC(=O)Nc2ccc(F)cc2)cc1. The first kappa shape index (κ1) is 26.2. The number of sulfonamides is 1. The second-order valence-electron chi connectivity index (χ2n) is 8.41. The van der Waals surface area contributed by atoms with Crippen LogP contribution in [0.2, 0.25) is 0 Å². The molecule has 11 nitrogen and oxygen atoms in total. The van der Waals surface area contributed by atoms with E-state index in [1.807, 2.05) is 6.92 Å². The van der Waals surface area contributed by atoms with Crippen molar-refractivity contribution in [2.24, 2.45) is 11.4 Å². The molecule has 0 saturated carbocycles. The van der Waals surface area contributed by atoms with Crippen LogP contribution in [0, 0.1) is 12.7 Å². The Labute approximate surface area is 217 Å². The molecule has 1 atom stereocenters. The van der Waals surface area contributed by atoms with Gasteiger partial charge in [-0.2, -0.15) is 8.42 Å². The van der Waals surface area contributed by atoms with E-state index in [1.54, 1.807) is 12.1 Å². The molecule has 4 rings (SSSR count). The number of carbonyl (C=O) groups is 2. The van der Waals surface area contributed by atoms with E-state index >= 15 is 0 Å². The normalized spacial score (nSPS) is 16.5. The monoisotopic (exact) mass is 546 g/mol. The Hall–Kier alpha value is -3.91. The third-order valence-corrected chi connectivity index (χ3v) is 7.54. The maximum Gasteiger partial charge on any atom is 0.289 e. The molecule has 1 aliphatic heterocycles. The van der Waals surface area contributed by atoms with Gasteiger partial charge in [-0.05, 0) is 55.5 Å². The minimum atomic E-state index is -4.12. The van der Waals surface area contributed by atoms with E-state index in [9.17, 15) is 22.4 Å². The molecule has 0 radical (unpaired) electrons. The number of hydrogen-bond acceptors (Lipinski definition) is 6. The van der Waals surface area contributed by atoms with Crippen LogP contribution < -0.4 is 20.8 Å². The zero-order chi connectivity index (χ0) is 26.9. The topological polar surface area (TPSA) is 130 Å². The molecule has 0 aliphatic carbocycles. The number of thiocarbonyl (C=S) groups is 1. The van der Waals surface area contributed by atoms with Crippen LogP contribution in [0.3, 0.4) is 0 Å². The Kier molecular flexibility index (Phi) is 7.23. The fourth-order valence-corrected chi connectivity index (χ4v) is 4.91. The van der Waals surface area contributed by atoms with Crippen LogP contribution in [0.4, 0.5) is 10.1 Å². The summed E-state index contributed by atoms with van der Waals surface area (Å²) < 4.78 is 49.1. The standard InChI is InChI=1S/C23H23FN6O5S2/c1-14-4-10-17(11-5-14)37(33,34)26-21-19(29(3)27-35-21)13-30-18(22(32)28(2)23(30)36)12-20(31)25-16-8-6-15(24)7-9-16/h4-11,18H,12-13H2,1-3H3,(H,25,31)/b26-21-. The Morgan fingerprint density at radius 3 is 2.51 bits per heavy atom. The molecule has 1 unspecified atom stereocenters. The quantitative estimate of drug-likeness (QED) is 0.340. The summed E-state index contributed by atoms with van der Waals surface area (Å²) in [5.74, 6) is -1.35. The average molecular weight is 547 g/mol. The second-order valence-corrected chi connectivity index (χ2v) is 10.4. The van der Waals surface area contributed by atoms with Crippen molar-refractivity contribution in [1.82, 2.24) is 15.1 Å². The number of benzene rings is 2. The Morgan fingerprint density at radius 1 is 1.22 bits per heavy atom. The molecule has 1 saturated heterocycles. The van der Waals surface area contributed by atoms with E-state index in [0.29, 0.717) is 5.69 Å². The van der Waals surface area contributed by atoms with E-state index in [0.717, 1.165) is 5.56 Å². The van der Waals surface area contributed by atoms with E-state index in [1.165, 1.54) is 65.0 Å². The Morgan fingerprint density at radius 2 is 1.86 bits per heavy atom. The lowest BCUT2D eigenvalue weighted by atomic mass is 10.1. The molecule has 14 heteroatoms. The molecule has 0 bridgehead atoms. The van der Waals surface area contributed by atoms with Gasteiger partial charge in [-0.15, -0.1) is 4.40 Å². The van der Waals surface area contributed by atoms with Crippen LogP contribution in [0.25, 0.3) is 0 Å². The number of aromatic nitrogens is 2. The predicted octanol–water partition coefficient (Wildman–Crippen LogP) is 0.755. The summed E-state index contributed by atoms with van der Waals surface area (Å²) >= 11 is 5.42. The molecule has 2 amide bonds. The summed E-state index contributed by atoms with van der Waals surface area (Å²) in [5, 5.41) is 6.53. The summed E-state index contributed by atoms with van der Waals surface area (Å²) in [6, 6.07) is 10.4. The molecule has 1 aliphatic rings. The van der Waals surface area contributed by atoms with Crippen molar-refractivity contribution < 1.29 is 31.6 Å². The van der Waals surface area contributed by atoms with E-state index < -0.39 is 33.7 Å². The van der Waals surface area contributed by atoms with E-state index in [4.69, 9.17) is 16.7 Å². The average Bonchev–Trinajstić information content (AvgIpc) is 3.28. The van der Waals surface area contributed by atoms with Crippen molar-refractivity contribution in [2.45, 2.75) is 30.8 Å². The highest BCUT2D eigenvalue weighted by molar-refractivity contribution is 7.90. The van der Waals surface area contributed by atoms with Gasteiger partial charge < -0.3 is 14.7 Å². The Balaban J connectivity index is 1.61. The number of hydrogen-bond donors (Lipinski definition) is 1. The van der Waals surface area contributed by atoms with Crippen molar-refractivity contribution in [3.63, 3.8) is 0 Å². The molecule has 3 aromatic rings. The molecular weight excluding hydrogens is 523 g/mol. The fraction of sp³-hybridized carbons (Fsp3) is 0.261. The molecule has 1 fully saturated rings. The maximum atomic E-state index is 13.2. The first-order valence-corrected chi connectivity index (χ1v) is 12.8. The van der Waals surface area contributed by atoms with E-state index in [2.05, 4.69) is 15.0 Å². The third-order valence-electron chi connectivity index (χ3n) is 5.76. The van der Waals surface area contributed by atoms with Gasteiger partial charge in [0.25, 0.3) is 27.2 Å². The summed E-state index contributed by atoms with van der Waals surface area (Å²) in [5.41, 5.74) is 1.20. The lowest BCUT2D eigenvalue weighted by Crippen LogP contribution is -2.45. The molecule has 194 valence electrons. The first-order chi connectivity index (χ1) is 17.5. The first-order valence-electron chi connectivity index (χ1n) is 11.0. The summed E-state index contributed by atoms with van der Waals surface area (Å²) in [6.45, 7) is 1.72. The van der Waals surface area contributed by atoms with Crippen LogP contribution >= 0.6 is 12.2 Å². The van der Waals surface area contributed by atoms with Crippen LogP contribution in [0.15, 0.2) is 62.3 Å². The smallest absolute Gasteiger partial charge is 0.289 e. The largest absolute Gasteiger partial charge is 0.486 e. The zero-order valence-corrected chi connectivity index (χ0v) is 21.7. The number of likely N-dealkylation sites (N-methyl/N-ethyl adjacent to an activating group) is 1. The summed E-state index contributed by atoms with van der Waals surface area (Å²) in [4.78, 5) is 28.3. The van der Waals surface area contributed by atoms with Gasteiger partial charge in [0, 0.05) is 12.7 Å². The Bertz CT molecular complexity index is 1530. The maximum absolute atomic E-state index is 13.2. The van der Waals surface area contributed by atoms with Gasteiger partial charge in [0.15, 0.2) is 5.11 Å². The number of anilines is 1. The van der Waals surface area contributed by atoms with Crippen molar-refractivity contribution in [3.05, 3.63) is 71.2 Å². The molecule has 37 heavy (non-hydrogen) atoms. The highest BCUT2D eigenvalue weighted by atomic mass is 32.2. The lowest BCUT2D eigenvalue weighted by Gasteiger charge is -2.21. The van der Waals surface area contributed by atoms with Gasteiger partial charge in [0.05, 0.1) is 11.3 Å². The van der Waals surface area contributed by atoms with Crippen molar-refractivity contribution >= 4 is 44.9 Å². The van der Waals surface area contributed by atoms with Crippen molar-refractivity contribution in [1.29, 1.82) is 0 Å². The minimum absolute atomic E-state index is 0.0231. The van der Waals surface area contributed by atoms with E-state index in [-0.39, 0.29) is 34.2 Å². The summed E-state index contributed by atoms with van der Waals surface area (Å²) in [6.07, 6.45) is -0.260. The number of nitrogens with one attached hydrogen (secondary N) is 1. The highest BCUT2D eigenvalue weighted by Gasteiger charge is 2.43. The number of carbonyl (C=O) groups excluding carboxylic acids is 2. The molecular formula is C23H23FN6O5S2. The molecule has 1 N–H and O–H groups in total. The van der Waals surface area contributed by atoms with Crippen LogP contribution in [0.5, 0.6) is 0 Å². The van der Waals surface area contributed by atoms with Gasteiger partial charge >= 0.3 is 0 Å². The molecule has 2 heterocycles. The lowest BCUT2D eigenvalue weighted by molar-refractivity contribution is -0.752. The second kappa shape index (κ2) is 10.2. The minimum Gasteiger partial charge on any atom is -0.486 e. The molecule has 1 aromatic heterocycles. The molecule has 0 spiro atoms. The fourth-order valence-electron chi connectivity index (χ4n) is 3.69. The van der Waals surface area contributed by atoms with Crippen LogP contribution in [0.1, 0.15) is 17.7 Å². The van der Waals surface area contributed by atoms with Crippen LogP contribution in [-0.4, -0.2) is 48.2 Å². The van der Waals surface area contributed by atoms with Gasteiger partial charge in [0.2, 0.25) is 5.91 Å². The third kappa shape index (κ3) is 5.59. The van der Waals surface area contributed by atoms with Crippen LogP contribution in [-0.2, 0) is 33.2 Å². The van der Waals surface area contributed by atoms with Gasteiger partial charge in [-0.3, -0.25) is 19.8 Å². The highest BCUT2D eigenvalue weighted by Crippen LogP contribution is 2.22. The number of amides is 2. The van der Waals surface area contributed by atoms with Crippen molar-refractivity contribution in [2.75, 3.05) is 12.4 Å². The number of aryl methyl sites for hydroxylation is 2. The number of rotatable bonds is 7. The zero-order valence-electron chi connectivity index (χ0n) is 20.1. The summed E-state index contributed by atoms with van der Waals surface area (Å²) in [7, 11) is -1.11. The van der Waals surface area contributed by atoms with Gasteiger partial charge in [-0.1, -0.05) is 17.7 Å². The van der Waals surface area contributed by atoms with Gasteiger partial charge in [0.1, 0.15) is 25.5 Å². The number of nitrogens with zero attached hydrogens (tertiary/aromatic N) is 5. The molecule has 2 aromatic carbocycles.